The molecule has 0 radical (unpaired) electrons. The van der Waals surface area contributed by atoms with E-state index in [9.17, 15) is 7.84 Å². The molecule has 44 valence electrons. The minimum atomic E-state index is -4.44. The van der Waals surface area contributed by atoms with Crippen LogP contribution in [0.15, 0.2) is 0 Å². The molecular formula is C2H6AsLiO4. The predicted molar refractivity (Wildman–Crippen MR) is 20.5 cm³/mol. The first-order chi connectivity index (χ1) is 3.12. The number of hydrogen-bond donors (Lipinski definition) is 0. The normalized spacial score (nSPS) is 10.4. The topological polar surface area (TPSA) is 58.6 Å². The van der Waals surface area contributed by atoms with E-state index in [4.69, 9.17) is 0 Å². The fourth-order valence-electron chi connectivity index (χ4n) is 0.0745. The molecule has 0 aliphatic rings. The third kappa shape index (κ3) is 4.98. The van der Waals surface area contributed by atoms with Gasteiger partial charge in [0.2, 0.25) is 0 Å². The second-order valence-electron chi connectivity index (χ2n) is 0.812. The molecule has 0 atom stereocenters. The minimum absolute atomic E-state index is 0. The van der Waals surface area contributed by atoms with E-state index in [1.807, 2.05) is 0 Å². The van der Waals surface area contributed by atoms with Crippen molar-refractivity contribution in [2.24, 2.45) is 0 Å². The van der Waals surface area contributed by atoms with E-state index in [-0.39, 0.29) is 18.9 Å². The summed E-state index contributed by atoms with van der Waals surface area (Å²) < 4.78 is 27.9. The molecule has 0 saturated heterocycles. The van der Waals surface area contributed by atoms with E-state index in [0.717, 1.165) is 14.2 Å². The van der Waals surface area contributed by atoms with Gasteiger partial charge in [0.05, 0.1) is 0 Å². The summed E-state index contributed by atoms with van der Waals surface area (Å²) in [6.07, 6.45) is 0. The van der Waals surface area contributed by atoms with Crippen molar-refractivity contribution in [3.63, 3.8) is 0 Å². The standard InChI is InChI=1S/C2H7AsO4.Li/c1-6-3(4,5)7-2;/h1-2H3,(H,4,5);/q;+1/p-1. The first-order valence-electron chi connectivity index (χ1n) is 1.55. The monoisotopic (exact) mass is 176 g/mol. The van der Waals surface area contributed by atoms with Crippen LogP contribution in [0, 0.1) is 0 Å². The molecule has 0 unspecified atom stereocenters. The minimum Gasteiger partial charge on any atom is 1.00 e. The molecule has 6 heteroatoms. The summed E-state index contributed by atoms with van der Waals surface area (Å²) in [5.41, 5.74) is 0. The van der Waals surface area contributed by atoms with Crippen LogP contribution in [-0.2, 0) is 11.2 Å². The zero-order valence-electron chi connectivity index (χ0n) is 5.08. The van der Waals surface area contributed by atoms with Crippen LogP contribution < -0.4 is 23.0 Å². The third-order valence-electron chi connectivity index (χ3n) is 0.447. The van der Waals surface area contributed by atoms with Gasteiger partial charge in [-0.1, -0.05) is 0 Å². The fraction of sp³-hybridized carbons (Fsp3) is 1.00. The van der Waals surface area contributed by atoms with Crippen LogP contribution in [0.5, 0.6) is 0 Å². The smallest absolute Gasteiger partial charge is 1.00 e. The Balaban J connectivity index is 0. The van der Waals surface area contributed by atoms with Crippen LogP contribution in [0.3, 0.4) is 0 Å². The van der Waals surface area contributed by atoms with Crippen LogP contribution in [0.4, 0.5) is 0 Å². The van der Waals surface area contributed by atoms with E-state index in [0.29, 0.717) is 0 Å². The molecule has 0 bridgehead atoms. The molecule has 0 N–H and O–H groups in total. The quantitative estimate of drug-likeness (QED) is 0.398. The van der Waals surface area contributed by atoms with Crippen molar-refractivity contribution in [2.45, 2.75) is 0 Å². The Morgan fingerprint density at radius 3 is 1.62 bits per heavy atom. The van der Waals surface area contributed by atoms with Gasteiger partial charge in [-0.2, -0.15) is 0 Å². The summed E-state index contributed by atoms with van der Waals surface area (Å²) in [6.45, 7) is 0. The van der Waals surface area contributed by atoms with Crippen molar-refractivity contribution >= 4 is 14.5 Å². The maximum absolute atomic E-state index is 10.0. The second kappa shape index (κ2) is 4.69. The molecule has 0 aliphatic heterocycles. The van der Waals surface area contributed by atoms with Gasteiger partial charge in [-0.25, -0.2) is 0 Å². The van der Waals surface area contributed by atoms with Crippen LogP contribution in [0.2, 0.25) is 0 Å². The van der Waals surface area contributed by atoms with Crippen molar-refractivity contribution in [2.75, 3.05) is 14.2 Å². The van der Waals surface area contributed by atoms with Gasteiger partial charge >= 0.3 is 62.9 Å². The van der Waals surface area contributed by atoms with Gasteiger partial charge in [0, 0.05) is 0 Å². The molecule has 0 rings (SSSR count). The Hall–Kier alpha value is 0.836. The van der Waals surface area contributed by atoms with Gasteiger partial charge in [-0.3, -0.25) is 0 Å². The zero-order valence-corrected chi connectivity index (χ0v) is 6.96. The first kappa shape index (κ1) is 11.6. The first-order valence-corrected chi connectivity index (χ1v) is 4.61. The molecule has 0 fully saturated rings. The molecule has 0 spiro atoms. The van der Waals surface area contributed by atoms with E-state index in [1.165, 1.54) is 0 Å². The Kier molecular flexibility index (Phi) is 6.81. The Labute approximate surface area is 63.1 Å². The van der Waals surface area contributed by atoms with Gasteiger partial charge in [-0.15, -0.1) is 0 Å². The zero-order chi connectivity index (χ0) is 5.91. The maximum atomic E-state index is 10.0. The van der Waals surface area contributed by atoms with E-state index in [1.54, 1.807) is 0 Å². The van der Waals surface area contributed by atoms with Crippen LogP contribution in [-0.4, -0.2) is 28.7 Å². The van der Waals surface area contributed by atoms with Crippen molar-refractivity contribution in [1.29, 1.82) is 0 Å². The third-order valence-corrected chi connectivity index (χ3v) is 2.32. The average Bonchev–Trinajstić information content (AvgIpc) is 1.68. The molecule has 8 heavy (non-hydrogen) atoms. The molecule has 4 nitrogen and oxygen atoms in total. The van der Waals surface area contributed by atoms with Crippen molar-refractivity contribution < 1.29 is 34.1 Å². The molecule has 0 aromatic heterocycles. The number of rotatable bonds is 2. The molecule has 0 amide bonds. The van der Waals surface area contributed by atoms with Crippen molar-refractivity contribution in [3.8, 4) is 0 Å². The Bertz CT molecular complexity index is 86.0. The second-order valence-corrected chi connectivity index (χ2v) is 4.22. The van der Waals surface area contributed by atoms with Crippen LogP contribution in [0.1, 0.15) is 0 Å². The predicted octanol–water partition coefficient (Wildman–Crippen LogP) is -4.49. The van der Waals surface area contributed by atoms with Gasteiger partial charge < -0.3 is 0 Å². The summed E-state index contributed by atoms with van der Waals surface area (Å²) in [5.74, 6) is 0. The van der Waals surface area contributed by atoms with E-state index in [2.05, 4.69) is 7.45 Å². The summed E-state index contributed by atoms with van der Waals surface area (Å²) in [7, 11) is 2.13. The molecule has 0 heterocycles. The van der Waals surface area contributed by atoms with E-state index < -0.39 is 14.5 Å². The Morgan fingerprint density at radius 2 is 1.62 bits per heavy atom. The maximum Gasteiger partial charge on any atom is 1.00 e. The fourth-order valence-corrected chi connectivity index (χ4v) is 0.387. The average molecular weight is 176 g/mol. The molecular weight excluding hydrogens is 170 g/mol. The summed E-state index contributed by atoms with van der Waals surface area (Å²) >= 11 is -4.44. The van der Waals surface area contributed by atoms with Crippen molar-refractivity contribution in [1.82, 2.24) is 0 Å². The SMILES string of the molecule is CO[As](=O)([O-])OC.[Li+]. The summed E-state index contributed by atoms with van der Waals surface area (Å²) in [4.78, 5) is 0. The van der Waals surface area contributed by atoms with Gasteiger partial charge in [0.25, 0.3) is 0 Å². The molecule has 0 aromatic rings. The van der Waals surface area contributed by atoms with E-state index >= 15 is 0 Å². The van der Waals surface area contributed by atoms with Crippen LogP contribution >= 0.6 is 0 Å². The number of hydrogen-bond acceptors (Lipinski definition) is 4. The summed E-state index contributed by atoms with van der Waals surface area (Å²) in [5, 5.41) is 0. The largest absolute Gasteiger partial charge is 1.00 e. The van der Waals surface area contributed by atoms with Gasteiger partial charge in [0.15, 0.2) is 0 Å². The molecule has 0 aliphatic carbocycles. The molecule has 0 saturated carbocycles. The Morgan fingerprint density at radius 1 is 1.38 bits per heavy atom. The summed E-state index contributed by atoms with van der Waals surface area (Å²) in [6, 6.07) is 0. The van der Waals surface area contributed by atoms with Crippen molar-refractivity contribution in [3.05, 3.63) is 0 Å². The van der Waals surface area contributed by atoms with Gasteiger partial charge in [0.1, 0.15) is 0 Å². The molecule has 0 aromatic carbocycles. The van der Waals surface area contributed by atoms with Gasteiger partial charge in [-0.05, 0) is 0 Å². The van der Waals surface area contributed by atoms with Crippen LogP contribution in [0.25, 0.3) is 0 Å².